The molecule has 0 radical (unpaired) electrons. The molecule has 2 heterocycles. The van der Waals surface area contributed by atoms with Crippen LogP contribution in [0.5, 0.6) is 0 Å². The lowest BCUT2D eigenvalue weighted by molar-refractivity contribution is 0.0258. The molecule has 0 aliphatic carbocycles. The molecule has 30 heavy (non-hydrogen) atoms. The van der Waals surface area contributed by atoms with Crippen molar-refractivity contribution in [3.63, 3.8) is 0 Å². The van der Waals surface area contributed by atoms with E-state index in [4.69, 9.17) is 13.7 Å². The van der Waals surface area contributed by atoms with Gasteiger partial charge in [0.25, 0.3) is 10.1 Å². The molecule has 0 bridgehead atoms. The largest absolute Gasteiger partial charge is 0.444 e. The number of fused-ring (bicyclic) bond motifs is 1. The van der Waals surface area contributed by atoms with Crippen LogP contribution in [0, 0.1) is 0 Å². The van der Waals surface area contributed by atoms with Gasteiger partial charge in [0.05, 0.1) is 12.8 Å². The van der Waals surface area contributed by atoms with Crippen molar-refractivity contribution in [1.82, 2.24) is 4.90 Å². The third-order valence-electron chi connectivity index (χ3n) is 4.80. The highest BCUT2D eigenvalue weighted by atomic mass is 32.2. The molecule has 2 aliphatic heterocycles. The Hall–Kier alpha value is -2.33. The van der Waals surface area contributed by atoms with Crippen molar-refractivity contribution in [2.45, 2.75) is 45.3 Å². The zero-order valence-corrected chi connectivity index (χ0v) is 18.5. The zero-order chi connectivity index (χ0) is 22.1. The summed E-state index contributed by atoms with van der Waals surface area (Å²) in [5.41, 5.74) is 2.31. The van der Waals surface area contributed by atoms with E-state index in [0.717, 1.165) is 17.4 Å². The molecule has 2 aliphatic rings. The Bertz CT molecular complexity index is 924. The lowest BCUT2D eigenvalue weighted by Crippen LogP contribution is -2.38. The molecule has 0 spiro atoms. The van der Waals surface area contributed by atoms with Gasteiger partial charge in [-0.3, -0.25) is 9.08 Å². The fourth-order valence-electron chi connectivity index (χ4n) is 3.41. The van der Waals surface area contributed by atoms with Crippen LogP contribution in [0.1, 0.15) is 31.9 Å². The van der Waals surface area contributed by atoms with Crippen molar-refractivity contribution in [3.05, 3.63) is 29.3 Å². The summed E-state index contributed by atoms with van der Waals surface area (Å²) in [6.07, 6.45) is 0.770. The standard InChI is InChI=1S/C20H28N2O7S/c1-20(2,3)29-18(23)21-9-7-14-5-6-16(11-15(14)8-10-21)22-12-17(28-19(22)24)13-27-30(4,25)26/h5-6,11,17H,7-10,12-13H2,1-4H3/t17-/m1/s1. The molecule has 2 amide bonds. The van der Waals surface area contributed by atoms with E-state index in [0.29, 0.717) is 31.6 Å². The van der Waals surface area contributed by atoms with E-state index in [1.54, 1.807) is 4.90 Å². The number of hydrogen-bond acceptors (Lipinski definition) is 7. The predicted molar refractivity (Wildman–Crippen MR) is 110 cm³/mol. The summed E-state index contributed by atoms with van der Waals surface area (Å²) in [6.45, 7) is 6.61. The number of ether oxygens (including phenoxy) is 2. The van der Waals surface area contributed by atoms with Gasteiger partial charge in [0, 0.05) is 18.8 Å². The van der Waals surface area contributed by atoms with Gasteiger partial charge in [-0.05, 0) is 56.9 Å². The quantitative estimate of drug-likeness (QED) is 0.662. The Labute approximate surface area is 177 Å². The number of anilines is 1. The number of cyclic esters (lactones) is 1. The van der Waals surface area contributed by atoms with Crippen molar-refractivity contribution in [2.75, 3.05) is 37.4 Å². The van der Waals surface area contributed by atoms with Crippen LogP contribution in [0.3, 0.4) is 0 Å². The molecular weight excluding hydrogens is 412 g/mol. The van der Waals surface area contributed by atoms with E-state index in [1.165, 1.54) is 4.90 Å². The van der Waals surface area contributed by atoms with E-state index >= 15 is 0 Å². The van der Waals surface area contributed by atoms with Crippen LogP contribution in [0.2, 0.25) is 0 Å². The smallest absolute Gasteiger partial charge is 0.414 e. The number of nitrogens with zero attached hydrogens (tertiary/aromatic N) is 2. The molecule has 1 aromatic carbocycles. The number of rotatable bonds is 4. The van der Waals surface area contributed by atoms with Gasteiger partial charge in [-0.1, -0.05) is 6.07 Å². The van der Waals surface area contributed by atoms with Crippen molar-refractivity contribution in [1.29, 1.82) is 0 Å². The second-order valence-electron chi connectivity index (χ2n) is 8.53. The Balaban J connectivity index is 1.66. The Morgan fingerprint density at radius 2 is 1.87 bits per heavy atom. The SMILES string of the molecule is CC(C)(C)OC(=O)N1CCc2ccc(N3C[C@H](COS(C)(=O)=O)OC3=O)cc2CC1. The number of carbonyl (C=O) groups is 2. The minimum atomic E-state index is -3.60. The third-order valence-corrected chi connectivity index (χ3v) is 5.36. The van der Waals surface area contributed by atoms with Crippen LogP contribution in [-0.2, 0) is 36.6 Å². The minimum absolute atomic E-state index is 0.206. The molecule has 0 unspecified atom stereocenters. The van der Waals surface area contributed by atoms with E-state index in [2.05, 4.69) is 0 Å². The summed E-state index contributed by atoms with van der Waals surface area (Å²) >= 11 is 0. The zero-order valence-electron chi connectivity index (χ0n) is 17.7. The number of carbonyl (C=O) groups excluding carboxylic acids is 2. The highest BCUT2D eigenvalue weighted by molar-refractivity contribution is 7.85. The van der Waals surface area contributed by atoms with E-state index in [9.17, 15) is 18.0 Å². The normalized spacial score (nSPS) is 19.9. The molecule has 10 heteroatoms. The Morgan fingerprint density at radius 3 is 2.50 bits per heavy atom. The van der Waals surface area contributed by atoms with Gasteiger partial charge < -0.3 is 14.4 Å². The van der Waals surface area contributed by atoms with Gasteiger partial charge in [0.1, 0.15) is 18.3 Å². The first kappa shape index (κ1) is 22.4. The van der Waals surface area contributed by atoms with E-state index in [1.807, 2.05) is 39.0 Å². The minimum Gasteiger partial charge on any atom is -0.444 e. The number of amides is 2. The Kier molecular flexibility index (Phi) is 6.28. The summed E-state index contributed by atoms with van der Waals surface area (Å²) < 4.78 is 37.7. The molecule has 1 aromatic rings. The lowest BCUT2D eigenvalue weighted by atomic mass is 10.0. The molecule has 0 saturated carbocycles. The molecule has 3 rings (SSSR count). The average molecular weight is 441 g/mol. The van der Waals surface area contributed by atoms with Crippen LogP contribution in [-0.4, -0.2) is 69.7 Å². The van der Waals surface area contributed by atoms with Gasteiger partial charge in [0.2, 0.25) is 0 Å². The highest BCUT2D eigenvalue weighted by Crippen LogP contribution is 2.27. The van der Waals surface area contributed by atoms with Crippen molar-refractivity contribution in [3.8, 4) is 0 Å². The molecular formula is C20H28N2O7S. The van der Waals surface area contributed by atoms with Crippen molar-refractivity contribution >= 4 is 28.0 Å². The first-order chi connectivity index (χ1) is 13.9. The van der Waals surface area contributed by atoms with Crippen LogP contribution < -0.4 is 4.90 Å². The molecule has 0 N–H and O–H groups in total. The maximum absolute atomic E-state index is 12.4. The second-order valence-corrected chi connectivity index (χ2v) is 10.2. The maximum atomic E-state index is 12.4. The van der Waals surface area contributed by atoms with Crippen LogP contribution >= 0.6 is 0 Å². The predicted octanol–water partition coefficient (Wildman–Crippen LogP) is 2.32. The maximum Gasteiger partial charge on any atom is 0.414 e. The fraction of sp³-hybridized carbons (Fsp3) is 0.600. The lowest BCUT2D eigenvalue weighted by Gasteiger charge is -2.26. The first-order valence-corrected chi connectivity index (χ1v) is 11.7. The monoisotopic (exact) mass is 440 g/mol. The molecule has 1 fully saturated rings. The van der Waals surface area contributed by atoms with Gasteiger partial charge in [-0.25, -0.2) is 9.59 Å². The molecule has 9 nitrogen and oxygen atoms in total. The van der Waals surface area contributed by atoms with Gasteiger partial charge in [0.15, 0.2) is 0 Å². The molecule has 1 saturated heterocycles. The topological polar surface area (TPSA) is 102 Å². The van der Waals surface area contributed by atoms with Crippen LogP contribution in [0.15, 0.2) is 18.2 Å². The Morgan fingerprint density at radius 1 is 1.20 bits per heavy atom. The molecule has 0 aromatic heterocycles. The number of hydrogen-bond donors (Lipinski definition) is 0. The fourth-order valence-corrected chi connectivity index (χ4v) is 3.81. The third kappa shape index (κ3) is 5.85. The van der Waals surface area contributed by atoms with Crippen molar-refractivity contribution < 1.29 is 31.7 Å². The molecule has 166 valence electrons. The average Bonchev–Trinajstić information content (AvgIpc) is 2.85. The van der Waals surface area contributed by atoms with Crippen LogP contribution in [0.4, 0.5) is 15.3 Å². The second kappa shape index (κ2) is 8.43. The van der Waals surface area contributed by atoms with E-state index < -0.39 is 27.9 Å². The summed E-state index contributed by atoms with van der Waals surface area (Å²) in [5.74, 6) is 0. The highest BCUT2D eigenvalue weighted by Gasteiger charge is 2.34. The summed E-state index contributed by atoms with van der Waals surface area (Å²) in [7, 11) is -3.60. The summed E-state index contributed by atoms with van der Waals surface area (Å²) in [6, 6.07) is 5.72. The van der Waals surface area contributed by atoms with E-state index in [-0.39, 0.29) is 19.2 Å². The van der Waals surface area contributed by atoms with Crippen molar-refractivity contribution in [2.24, 2.45) is 0 Å². The summed E-state index contributed by atoms with van der Waals surface area (Å²) in [4.78, 5) is 27.8. The van der Waals surface area contributed by atoms with Gasteiger partial charge in [-0.2, -0.15) is 8.42 Å². The first-order valence-electron chi connectivity index (χ1n) is 9.83. The van der Waals surface area contributed by atoms with Gasteiger partial charge >= 0.3 is 12.2 Å². The molecule has 1 atom stereocenters. The van der Waals surface area contributed by atoms with Gasteiger partial charge in [-0.15, -0.1) is 0 Å². The summed E-state index contributed by atoms with van der Waals surface area (Å²) in [5, 5.41) is 0. The number of benzene rings is 1. The van der Waals surface area contributed by atoms with Crippen LogP contribution in [0.25, 0.3) is 0 Å².